The van der Waals surface area contributed by atoms with Gasteiger partial charge in [0.2, 0.25) is 0 Å². The van der Waals surface area contributed by atoms with Crippen molar-refractivity contribution in [2.75, 3.05) is 20.2 Å². The topological polar surface area (TPSA) is 63.5 Å². The van der Waals surface area contributed by atoms with Crippen molar-refractivity contribution in [3.05, 3.63) is 83.7 Å². The molecular weight excluding hydrogens is 501 g/mol. The van der Waals surface area contributed by atoms with E-state index in [-0.39, 0.29) is 24.0 Å². The first-order chi connectivity index (χ1) is 14.8. The number of aliphatic imine (C=N–C) groups is 1. The summed E-state index contributed by atoms with van der Waals surface area (Å²) in [6.45, 7) is 5.07. The van der Waals surface area contributed by atoms with Gasteiger partial charge in [-0.25, -0.2) is 4.68 Å². The van der Waals surface area contributed by atoms with E-state index in [0.29, 0.717) is 13.2 Å². The molecule has 0 atom stereocenters. The fraction of sp³-hybridized carbons (Fsp3) is 0.333. The second kappa shape index (κ2) is 13.8. The number of halogens is 1. The average Bonchev–Trinajstić information content (AvgIpc) is 3.32. The lowest BCUT2D eigenvalue weighted by molar-refractivity contribution is 0.121. The quantitative estimate of drug-likeness (QED) is 0.176. The van der Waals surface area contributed by atoms with Gasteiger partial charge in [0.25, 0.3) is 0 Å². The van der Waals surface area contributed by atoms with Crippen molar-refractivity contribution in [1.82, 2.24) is 20.4 Å². The lowest BCUT2D eigenvalue weighted by atomic mass is 10.1. The molecule has 0 saturated carbocycles. The summed E-state index contributed by atoms with van der Waals surface area (Å²) in [4.78, 5) is 4.34. The van der Waals surface area contributed by atoms with Crippen molar-refractivity contribution >= 4 is 29.9 Å². The van der Waals surface area contributed by atoms with E-state index < -0.39 is 0 Å². The zero-order valence-electron chi connectivity index (χ0n) is 18.3. The van der Waals surface area contributed by atoms with E-state index in [9.17, 15) is 0 Å². The Morgan fingerprint density at radius 1 is 1.03 bits per heavy atom. The number of aromatic nitrogens is 2. The molecule has 1 aromatic heterocycles. The van der Waals surface area contributed by atoms with Gasteiger partial charge in [0, 0.05) is 39.1 Å². The molecule has 7 heteroatoms. The van der Waals surface area contributed by atoms with Gasteiger partial charge in [-0.1, -0.05) is 43.3 Å². The molecule has 2 N–H and O–H groups in total. The van der Waals surface area contributed by atoms with Crippen LogP contribution >= 0.6 is 24.0 Å². The van der Waals surface area contributed by atoms with Crippen LogP contribution < -0.4 is 10.6 Å². The number of rotatable bonds is 10. The van der Waals surface area contributed by atoms with Crippen LogP contribution in [0, 0.1) is 0 Å². The maximum absolute atomic E-state index is 5.71. The Hall–Kier alpha value is -2.39. The van der Waals surface area contributed by atoms with Crippen LogP contribution in [0.15, 0.2) is 72.0 Å². The van der Waals surface area contributed by atoms with Crippen LogP contribution in [0.25, 0.3) is 5.69 Å². The van der Waals surface area contributed by atoms with E-state index in [0.717, 1.165) is 37.6 Å². The smallest absolute Gasteiger partial charge is 0.191 e. The molecule has 0 bridgehead atoms. The van der Waals surface area contributed by atoms with Crippen molar-refractivity contribution in [2.45, 2.75) is 32.9 Å². The highest BCUT2D eigenvalue weighted by Gasteiger charge is 2.04. The maximum atomic E-state index is 5.71. The van der Waals surface area contributed by atoms with Gasteiger partial charge in [0.15, 0.2) is 5.96 Å². The van der Waals surface area contributed by atoms with Crippen LogP contribution in [0.4, 0.5) is 0 Å². The molecule has 0 unspecified atom stereocenters. The highest BCUT2D eigenvalue weighted by atomic mass is 127. The first-order valence-electron chi connectivity index (χ1n) is 10.5. The first-order valence-corrected chi connectivity index (χ1v) is 10.5. The molecule has 2 aromatic carbocycles. The normalized spacial score (nSPS) is 11.1. The minimum absolute atomic E-state index is 0. The number of benzene rings is 2. The Morgan fingerprint density at radius 2 is 1.81 bits per heavy atom. The molecule has 6 nitrogen and oxygen atoms in total. The molecular formula is C24H32IN5O. The van der Waals surface area contributed by atoms with Crippen molar-refractivity contribution < 1.29 is 4.74 Å². The molecule has 3 aromatic rings. The van der Waals surface area contributed by atoms with Crippen molar-refractivity contribution in [3.8, 4) is 5.69 Å². The molecule has 0 radical (unpaired) electrons. The van der Waals surface area contributed by atoms with Gasteiger partial charge in [-0.2, -0.15) is 5.10 Å². The monoisotopic (exact) mass is 533 g/mol. The predicted molar refractivity (Wildman–Crippen MR) is 137 cm³/mol. The second-order valence-corrected chi connectivity index (χ2v) is 7.04. The third kappa shape index (κ3) is 7.99. The zero-order valence-corrected chi connectivity index (χ0v) is 20.6. The summed E-state index contributed by atoms with van der Waals surface area (Å²) >= 11 is 0. The predicted octanol–water partition coefficient (Wildman–Crippen LogP) is 4.32. The number of ether oxygens (including phenoxy) is 1. The van der Waals surface area contributed by atoms with Gasteiger partial charge in [0.1, 0.15) is 0 Å². The van der Waals surface area contributed by atoms with E-state index >= 15 is 0 Å². The van der Waals surface area contributed by atoms with Crippen molar-refractivity contribution in [2.24, 2.45) is 4.99 Å². The molecule has 0 saturated heterocycles. The average molecular weight is 533 g/mol. The molecule has 166 valence electrons. The van der Waals surface area contributed by atoms with E-state index in [4.69, 9.17) is 4.74 Å². The van der Waals surface area contributed by atoms with Crippen molar-refractivity contribution in [3.63, 3.8) is 0 Å². The molecule has 0 aliphatic heterocycles. The third-order valence-electron chi connectivity index (χ3n) is 4.81. The van der Waals surface area contributed by atoms with Gasteiger partial charge < -0.3 is 15.4 Å². The Bertz CT molecular complexity index is 910. The lowest BCUT2D eigenvalue weighted by Crippen LogP contribution is -2.38. The summed E-state index contributed by atoms with van der Waals surface area (Å²) in [5.41, 5.74) is 4.78. The number of guanidine groups is 1. The second-order valence-electron chi connectivity index (χ2n) is 7.04. The highest BCUT2D eigenvalue weighted by molar-refractivity contribution is 14.0. The Balaban J connectivity index is 0.00000341. The zero-order chi connectivity index (χ0) is 21.0. The maximum Gasteiger partial charge on any atom is 0.191 e. The Morgan fingerprint density at radius 3 is 2.48 bits per heavy atom. The van der Waals surface area contributed by atoms with Crippen LogP contribution in [0.3, 0.4) is 0 Å². The van der Waals surface area contributed by atoms with Crippen LogP contribution in [-0.2, 0) is 24.3 Å². The summed E-state index contributed by atoms with van der Waals surface area (Å²) in [5, 5.41) is 11.1. The van der Waals surface area contributed by atoms with Crippen LogP contribution in [-0.4, -0.2) is 35.9 Å². The number of nitrogens with one attached hydrogen (secondary N) is 2. The molecule has 31 heavy (non-hydrogen) atoms. The van der Waals surface area contributed by atoms with Crippen LogP contribution in [0.2, 0.25) is 0 Å². The van der Waals surface area contributed by atoms with E-state index in [1.54, 1.807) is 13.2 Å². The number of hydrogen-bond donors (Lipinski definition) is 2. The molecule has 0 fully saturated rings. The van der Waals surface area contributed by atoms with Gasteiger partial charge in [0.05, 0.1) is 12.3 Å². The summed E-state index contributed by atoms with van der Waals surface area (Å²) in [6.07, 6.45) is 5.68. The van der Waals surface area contributed by atoms with Gasteiger partial charge in [-0.3, -0.25) is 4.99 Å². The van der Waals surface area contributed by atoms with Crippen LogP contribution in [0.5, 0.6) is 0 Å². The van der Waals surface area contributed by atoms with Crippen LogP contribution in [0.1, 0.15) is 30.0 Å². The largest absolute Gasteiger partial charge is 0.377 e. The van der Waals surface area contributed by atoms with Crippen molar-refractivity contribution in [1.29, 1.82) is 0 Å². The van der Waals surface area contributed by atoms with E-state index in [2.05, 4.69) is 76.2 Å². The summed E-state index contributed by atoms with van der Waals surface area (Å²) in [5.74, 6) is 0.799. The molecule has 0 aliphatic rings. The Labute approximate surface area is 202 Å². The lowest BCUT2D eigenvalue weighted by Gasteiger charge is -2.14. The summed E-state index contributed by atoms with van der Waals surface area (Å²) in [7, 11) is 1.80. The third-order valence-corrected chi connectivity index (χ3v) is 4.81. The molecule has 0 amide bonds. The Kier molecular flexibility index (Phi) is 11.1. The summed E-state index contributed by atoms with van der Waals surface area (Å²) < 4.78 is 7.57. The molecule has 0 aliphatic carbocycles. The minimum Gasteiger partial charge on any atom is -0.377 e. The standard InChI is InChI=1S/C24H31N5O.HI/c1-3-17-30-19-22-8-5-4-7-21(22)18-27-24(25-2)26-15-13-20-9-11-23(12-10-20)29-16-6-14-28-29;/h4-12,14,16H,3,13,15,17-19H2,1-2H3,(H2,25,26,27);1H. The van der Waals surface area contributed by atoms with Gasteiger partial charge in [-0.15, -0.1) is 24.0 Å². The fourth-order valence-corrected chi connectivity index (χ4v) is 3.16. The van der Waals surface area contributed by atoms with E-state index in [1.807, 2.05) is 16.9 Å². The van der Waals surface area contributed by atoms with Gasteiger partial charge >= 0.3 is 0 Å². The highest BCUT2D eigenvalue weighted by Crippen LogP contribution is 2.11. The molecule has 1 heterocycles. The SMILES string of the molecule is CCCOCc1ccccc1CNC(=NC)NCCc1ccc(-n2cccn2)cc1.I. The van der Waals surface area contributed by atoms with E-state index in [1.165, 1.54) is 16.7 Å². The number of hydrogen-bond acceptors (Lipinski definition) is 3. The summed E-state index contributed by atoms with van der Waals surface area (Å²) in [6, 6.07) is 18.7. The first kappa shape index (κ1) is 24.9. The molecule has 3 rings (SSSR count). The minimum atomic E-state index is 0. The van der Waals surface area contributed by atoms with Gasteiger partial charge in [-0.05, 0) is 47.7 Å². The fourth-order valence-electron chi connectivity index (χ4n) is 3.16. The molecule has 0 spiro atoms. The number of nitrogens with zero attached hydrogens (tertiary/aromatic N) is 3.